The van der Waals surface area contributed by atoms with Crippen molar-refractivity contribution in [2.24, 2.45) is 0 Å². The molecule has 0 unspecified atom stereocenters. The van der Waals surface area contributed by atoms with E-state index in [0.29, 0.717) is 0 Å². The molecule has 9 heteroatoms. The molecule has 2 amide bonds. The molecule has 0 spiro atoms. The second kappa shape index (κ2) is 5.40. The van der Waals surface area contributed by atoms with E-state index in [4.69, 9.17) is 5.11 Å². The molecule has 98 valence electrons. The molecule has 0 aliphatic heterocycles. The van der Waals surface area contributed by atoms with Crippen molar-refractivity contribution in [1.82, 2.24) is 14.8 Å². The molecule has 1 aromatic carbocycles. The molecule has 0 aliphatic rings. The number of carbonyl (C=O) groups excluding carboxylic acids is 1. The number of nitrogens with one attached hydrogen (secondary N) is 1. The number of amides is 2. The zero-order valence-corrected chi connectivity index (χ0v) is 10.6. The number of anilines is 2. The Labute approximate surface area is 111 Å². The Balaban J connectivity index is 2.22. The van der Waals surface area contributed by atoms with Crippen LogP contribution >= 0.6 is 11.5 Å². The first-order chi connectivity index (χ1) is 9.09. The number of hydrogen-bond donors (Lipinski definition) is 2. The first-order valence-corrected chi connectivity index (χ1v) is 5.89. The van der Waals surface area contributed by atoms with Gasteiger partial charge in [0.1, 0.15) is 0 Å². The van der Waals surface area contributed by atoms with Crippen molar-refractivity contribution < 1.29 is 14.7 Å². The van der Waals surface area contributed by atoms with E-state index >= 15 is 0 Å². The lowest BCUT2D eigenvalue weighted by molar-refractivity contribution is 0.0697. The van der Waals surface area contributed by atoms with E-state index in [2.05, 4.69) is 20.1 Å². The van der Waals surface area contributed by atoms with Crippen molar-refractivity contribution >= 4 is 34.4 Å². The standard InChI is InChI=1S/C10H9N5O3S/c1-15(10(18)11-9-12-13-14-19-9)7-5-3-2-4-6(7)8(16)17/h2-5H,1H3,(H,16,17)(H,11,12,14,18). The number of carbonyl (C=O) groups is 2. The van der Waals surface area contributed by atoms with E-state index in [0.717, 1.165) is 11.5 Å². The third-order valence-corrected chi connectivity index (χ3v) is 2.82. The van der Waals surface area contributed by atoms with Crippen molar-refractivity contribution in [2.75, 3.05) is 17.3 Å². The average molecular weight is 279 g/mol. The average Bonchev–Trinajstić information content (AvgIpc) is 2.90. The van der Waals surface area contributed by atoms with Gasteiger partial charge in [-0.15, -0.1) is 0 Å². The smallest absolute Gasteiger partial charge is 0.337 e. The van der Waals surface area contributed by atoms with Crippen LogP contribution in [-0.4, -0.2) is 39.0 Å². The highest BCUT2D eigenvalue weighted by Gasteiger charge is 2.18. The number of urea groups is 1. The van der Waals surface area contributed by atoms with Crippen molar-refractivity contribution in [3.8, 4) is 0 Å². The van der Waals surface area contributed by atoms with Crippen LogP contribution in [0, 0.1) is 0 Å². The molecule has 0 saturated heterocycles. The van der Waals surface area contributed by atoms with Crippen LogP contribution in [0.4, 0.5) is 15.6 Å². The predicted octanol–water partition coefficient (Wildman–Crippen LogP) is 1.30. The van der Waals surface area contributed by atoms with Crippen LogP contribution in [0.2, 0.25) is 0 Å². The second-order valence-electron chi connectivity index (χ2n) is 3.48. The van der Waals surface area contributed by atoms with Crippen molar-refractivity contribution in [1.29, 1.82) is 0 Å². The number of aromatic nitrogens is 3. The van der Waals surface area contributed by atoms with E-state index < -0.39 is 12.0 Å². The molecule has 0 aliphatic carbocycles. The highest BCUT2D eigenvalue weighted by Crippen LogP contribution is 2.20. The summed E-state index contributed by atoms with van der Waals surface area (Å²) in [7, 11) is 1.46. The van der Waals surface area contributed by atoms with Gasteiger partial charge in [-0.3, -0.25) is 10.2 Å². The van der Waals surface area contributed by atoms with Gasteiger partial charge in [0.2, 0.25) is 5.13 Å². The summed E-state index contributed by atoms with van der Waals surface area (Å²) in [5.74, 6) is -1.10. The first kappa shape index (κ1) is 12.9. The van der Waals surface area contributed by atoms with Gasteiger partial charge in [-0.05, 0) is 17.3 Å². The summed E-state index contributed by atoms with van der Waals surface area (Å²) in [6, 6.07) is 5.69. The SMILES string of the molecule is CN(C(=O)Nc1nnns1)c1ccccc1C(=O)O. The van der Waals surface area contributed by atoms with Crippen LogP contribution in [0.3, 0.4) is 0 Å². The van der Waals surface area contributed by atoms with Crippen molar-refractivity contribution in [3.63, 3.8) is 0 Å². The molecule has 2 N–H and O–H groups in total. The molecule has 0 fully saturated rings. The molecular weight excluding hydrogens is 270 g/mol. The molecule has 19 heavy (non-hydrogen) atoms. The summed E-state index contributed by atoms with van der Waals surface area (Å²) in [4.78, 5) is 24.2. The second-order valence-corrected chi connectivity index (χ2v) is 4.21. The Morgan fingerprint density at radius 1 is 1.37 bits per heavy atom. The molecule has 1 heterocycles. The molecule has 2 rings (SSSR count). The van der Waals surface area contributed by atoms with Crippen LogP contribution in [0.5, 0.6) is 0 Å². The van der Waals surface area contributed by atoms with Crippen LogP contribution in [0.15, 0.2) is 24.3 Å². The van der Waals surface area contributed by atoms with E-state index in [1.54, 1.807) is 18.2 Å². The van der Waals surface area contributed by atoms with Crippen molar-refractivity contribution in [2.45, 2.75) is 0 Å². The molecule has 8 nitrogen and oxygen atoms in total. The summed E-state index contributed by atoms with van der Waals surface area (Å²) in [5.41, 5.74) is 0.320. The summed E-state index contributed by atoms with van der Waals surface area (Å²) >= 11 is 0.927. The number of carboxylic acid groups (broad SMARTS) is 1. The van der Waals surface area contributed by atoms with Gasteiger partial charge in [-0.1, -0.05) is 21.7 Å². The summed E-state index contributed by atoms with van der Waals surface area (Å²) in [6.07, 6.45) is 0. The van der Waals surface area contributed by atoms with E-state index in [9.17, 15) is 9.59 Å². The Bertz CT molecular complexity index is 601. The van der Waals surface area contributed by atoms with Crippen LogP contribution < -0.4 is 10.2 Å². The van der Waals surface area contributed by atoms with Gasteiger partial charge in [-0.25, -0.2) is 9.59 Å². The maximum absolute atomic E-state index is 11.9. The predicted molar refractivity (Wildman–Crippen MR) is 68.5 cm³/mol. The van der Waals surface area contributed by atoms with E-state index in [1.165, 1.54) is 18.0 Å². The van der Waals surface area contributed by atoms with E-state index in [-0.39, 0.29) is 16.4 Å². The first-order valence-electron chi connectivity index (χ1n) is 5.11. The lowest BCUT2D eigenvalue weighted by Gasteiger charge is -2.18. The van der Waals surface area contributed by atoms with Crippen LogP contribution in [0.1, 0.15) is 10.4 Å². The largest absolute Gasteiger partial charge is 0.478 e. The molecule has 0 atom stereocenters. The Morgan fingerprint density at radius 3 is 2.74 bits per heavy atom. The van der Waals surface area contributed by atoms with E-state index in [1.807, 2.05) is 0 Å². The van der Waals surface area contributed by atoms with Gasteiger partial charge < -0.3 is 5.11 Å². The maximum atomic E-state index is 11.9. The monoisotopic (exact) mass is 279 g/mol. The molecule has 1 aromatic heterocycles. The lowest BCUT2D eigenvalue weighted by Crippen LogP contribution is -2.32. The Kier molecular flexibility index (Phi) is 3.66. The summed E-state index contributed by atoms with van der Waals surface area (Å²) in [5, 5.41) is 18.7. The summed E-state index contributed by atoms with van der Waals surface area (Å²) < 4.78 is 3.51. The molecule has 0 bridgehead atoms. The molecule has 0 saturated carbocycles. The quantitative estimate of drug-likeness (QED) is 0.876. The maximum Gasteiger partial charge on any atom is 0.337 e. The fraction of sp³-hybridized carbons (Fsp3) is 0.100. The van der Waals surface area contributed by atoms with Gasteiger partial charge in [0.15, 0.2) is 0 Å². The minimum absolute atomic E-state index is 0.0375. The van der Waals surface area contributed by atoms with Crippen LogP contribution in [-0.2, 0) is 0 Å². The molecule has 0 radical (unpaired) electrons. The van der Waals surface area contributed by atoms with Gasteiger partial charge in [0, 0.05) is 18.6 Å². The number of nitrogens with zero attached hydrogens (tertiary/aromatic N) is 4. The summed E-state index contributed by atoms with van der Waals surface area (Å²) in [6.45, 7) is 0. The fourth-order valence-corrected chi connectivity index (χ4v) is 1.77. The van der Waals surface area contributed by atoms with Crippen LogP contribution in [0.25, 0.3) is 0 Å². The fourth-order valence-electron chi connectivity index (χ4n) is 1.41. The third-order valence-electron chi connectivity index (χ3n) is 2.31. The zero-order chi connectivity index (χ0) is 13.8. The number of rotatable bonds is 3. The zero-order valence-electron chi connectivity index (χ0n) is 9.77. The number of aromatic carboxylic acids is 1. The Hall–Kier alpha value is -2.55. The minimum Gasteiger partial charge on any atom is -0.478 e. The molecular formula is C10H9N5O3S. The Morgan fingerprint density at radius 2 is 2.11 bits per heavy atom. The van der Waals surface area contributed by atoms with Gasteiger partial charge >= 0.3 is 12.0 Å². The van der Waals surface area contributed by atoms with Crippen molar-refractivity contribution in [3.05, 3.63) is 29.8 Å². The topological polar surface area (TPSA) is 108 Å². The third kappa shape index (κ3) is 2.83. The number of hydrogen-bond acceptors (Lipinski definition) is 6. The normalized spacial score (nSPS) is 9.95. The number of benzene rings is 1. The van der Waals surface area contributed by atoms with Gasteiger partial charge in [0.05, 0.1) is 11.3 Å². The number of carboxylic acids is 1. The minimum atomic E-state index is -1.10. The molecule has 2 aromatic rings. The highest BCUT2D eigenvalue weighted by atomic mass is 32.1. The highest BCUT2D eigenvalue weighted by molar-refractivity contribution is 7.09. The lowest BCUT2D eigenvalue weighted by atomic mass is 10.1. The van der Waals surface area contributed by atoms with Gasteiger partial charge in [0.25, 0.3) is 0 Å². The van der Waals surface area contributed by atoms with Gasteiger partial charge in [-0.2, -0.15) is 0 Å². The number of para-hydroxylation sites is 1.